The van der Waals surface area contributed by atoms with Crippen molar-refractivity contribution in [2.24, 2.45) is 0 Å². The number of hydrogen-bond acceptors (Lipinski definition) is 1. The van der Waals surface area contributed by atoms with E-state index in [-0.39, 0.29) is 0 Å². The van der Waals surface area contributed by atoms with E-state index in [1.807, 2.05) is 27.7 Å². The Hall–Kier alpha value is -1.76. The maximum atomic E-state index is 5.30. The average molecular weight is 359 g/mol. The highest BCUT2D eigenvalue weighted by Crippen LogP contribution is 2.21. The molecule has 1 heteroatoms. The Kier molecular flexibility index (Phi) is 18.4. The second kappa shape index (κ2) is 18.0. The summed E-state index contributed by atoms with van der Waals surface area (Å²) in [5, 5.41) is 0. The summed E-state index contributed by atoms with van der Waals surface area (Å²) in [6, 6.07) is 15.1. The largest absolute Gasteiger partial charge is 0.496 e. The van der Waals surface area contributed by atoms with Gasteiger partial charge in [0.25, 0.3) is 0 Å². The van der Waals surface area contributed by atoms with Crippen molar-refractivity contribution < 1.29 is 4.74 Å². The average Bonchev–Trinajstić information content (AvgIpc) is 2.71. The smallest absolute Gasteiger partial charge is 0.122 e. The van der Waals surface area contributed by atoms with Gasteiger partial charge in [0, 0.05) is 0 Å². The number of benzene rings is 2. The van der Waals surface area contributed by atoms with Gasteiger partial charge >= 0.3 is 0 Å². The summed E-state index contributed by atoms with van der Waals surface area (Å²) >= 11 is 0. The maximum absolute atomic E-state index is 5.30. The molecule has 0 bridgehead atoms. The molecule has 0 aromatic heterocycles. The van der Waals surface area contributed by atoms with E-state index < -0.39 is 0 Å². The fourth-order valence-corrected chi connectivity index (χ4v) is 2.45. The van der Waals surface area contributed by atoms with E-state index in [4.69, 9.17) is 4.74 Å². The minimum absolute atomic E-state index is 1.03. The fourth-order valence-electron chi connectivity index (χ4n) is 2.45. The molecule has 0 radical (unpaired) electrons. The van der Waals surface area contributed by atoms with E-state index >= 15 is 0 Å². The summed E-state index contributed by atoms with van der Waals surface area (Å²) in [4.78, 5) is 0. The van der Waals surface area contributed by atoms with Crippen LogP contribution in [0.25, 0.3) is 0 Å². The standard InChI is InChI=1S/C12H18O.C9H12.2C2H6/c1-4-6-11-9-10(5-2)7-8-12(11)13-3;1-3-9-6-4-5-8(2)7-9;2*1-2/h7-9H,4-6H2,1-3H3;4-7H,3H2,1-2H3;2*1-2H3. The lowest BCUT2D eigenvalue weighted by Gasteiger charge is -2.08. The fraction of sp³-hybridized carbons (Fsp3) is 0.520. The van der Waals surface area contributed by atoms with Gasteiger partial charge in [0.15, 0.2) is 0 Å². The first-order chi connectivity index (χ1) is 12.6. The van der Waals surface area contributed by atoms with Crippen LogP contribution in [-0.4, -0.2) is 7.11 Å². The lowest BCUT2D eigenvalue weighted by Crippen LogP contribution is -1.93. The second-order valence-electron chi connectivity index (χ2n) is 5.59. The van der Waals surface area contributed by atoms with Gasteiger partial charge in [-0.3, -0.25) is 0 Å². The summed E-state index contributed by atoms with van der Waals surface area (Å²) < 4.78 is 5.30. The Morgan fingerprint density at radius 1 is 0.769 bits per heavy atom. The number of hydrogen-bond donors (Lipinski definition) is 0. The van der Waals surface area contributed by atoms with Crippen molar-refractivity contribution >= 4 is 0 Å². The lowest BCUT2D eigenvalue weighted by atomic mass is 10.0. The third-order valence-corrected chi connectivity index (χ3v) is 3.76. The van der Waals surface area contributed by atoms with Crippen LogP contribution in [0.5, 0.6) is 5.75 Å². The first-order valence-electron chi connectivity index (χ1n) is 10.4. The zero-order valence-corrected chi connectivity index (χ0v) is 18.8. The van der Waals surface area contributed by atoms with Crippen LogP contribution < -0.4 is 4.74 Å². The van der Waals surface area contributed by atoms with Crippen molar-refractivity contribution in [3.63, 3.8) is 0 Å². The maximum Gasteiger partial charge on any atom is 0.122 e. The van der Waals surface area contributed by atoms with E-state index in [0.29, 0.717) is 0 Å². The quantitative estimate of drug-likeness (QED) is 0.529. The van der Waals surface area contributed by atoms with Gasteiger partial charge in [-0.05, 0) is 48.9 Å². The van der Waals surface area contributed by atoms with Crippen LogP contribution in [0.15, 0.2) is 42.5 Å². The molecule has 0 amide bonds. The molecule has 1 nitrogen and oxygen atoms in total. The highest BCUT2D eigenvalue weighted by Gasteiger charge is 2.02. The number of ether oxygens (including phenoxy) is 1. The minimum atomic E-state index is 1.03. The Morgan fingerprint density at radius 3 is 1.77 bits per heavy atom. The summed E-state index contributed by atoms with van der Waals surface area (Å²) in [6.45, 7) is 16.7. The van der Waals surface area contributed by atoms with Crippen molar-refractivity contribution in [2.45, 2.75) is 81.1 Å². The van der Waals surface area contributed by atoms with Gasteiger partial charge in [0.05, 0.1) is 7.11 Å². The molecule has 0 fully saturated rings. The highest BCUT2D eigenvalue weighted by atomic mass is 16.5. The Labute approximate surface area is 163 Å². The van der Waals surface area contributed by atoms with E-state index in [1.165, 1.54) is 28.7 Å². The van der Waals surface area contributed by atoms with Crippen LogP contribution in [-0.2, 0) is 19.3 Å². The van der Waals surface area contributed by atoms with Crippen LogP contribution in [0.3, 0.4) is 0 Å². The lowest BCUT2D eigenvalue weighted by molar-refractivity contribution is 0.409. The minimum Gasteiger partial charge on any atom is -0.496 e. The molecule has 0 aliphatic rings. The molecule has 148 valence electrons. The molecular weight excluding hydrogens is 316 g/mol. The Morgan fingerprint density at radius 2 is 1.35 bits per heavy atom. The van der Waals surface area contributed by atoms with Crippen molar-refractivity contribution in [3.8, 4) is 5.75 Å². The van der Waals surface area contributed by atoms with Crippen molar-refractivity contribution in [3.05, 3.63) is 64.7 Å². The molecule has 0 spiro atoms. The van der Waals surface area contributed by atoms with Gasteiger partial charge in [-0.1, -0.05) is 96.8 Å². The summed E-state index contributed by atoms with van der Waals surface area (Å²) in [5.74, 6) is 1.03. The first-order valence-corrected chi connectivity index (χ1v) is 10.4. The molecule has 26 heavy (non-hydrogen) atoms. The molecule has 2 aromatic carbocycles. The van der Waals surface area contributed by atoms with Crippen LogP contribution in [0.2, 0.25) is 0 Å². The third kappa shape index (κ3) is 11.0. The van der Waals surface area contributed by atoms with E-state index in [9.17, 15) is 0 Å². The molecule has 0 aliphatic heterocycles. The SMILES string of the molecule is CC.CC.CCCc1cc(CC)ccc1OC.CCc1cccc(C)c1. The molecule has 0 unspecified atom stereocenters. The zero-order valence-electron chi connectivity index (χ0n) is 18.8. The number of methoxy groups -OCH3 is 1. The van der Waals surface area contributed by atoms with Gasteiger partial charge in [-0.15, -0.1) is 0 Å². The third-order valence-electron chi connectivity index (χ3n) is 3.76. The first kappa shape index (κ1) is 26.5. The van der Waals surface area contributed by atoms with Gasteiger partial charge in [0.1, 0.15) is 5.75 Å². The molecule has 0 atom stereocenters. The van der Waals surface area contributed by atoms with Crippen LogP contribution in [0.1, 0.15) is 77.1 Å². The molecule has 0 aliphatic carbocycles. The molecule has 0 saturated heterocycles. The summed E-state index contributed by atoms with van der Waals surface area (Å²) in [7, 11) is 1.74. The monoisotopic (exact) mass is 358 g/mol. The van der Waals surface area contributed by atoms with Gasteiger partial charge in [0.2, 0.25) is 0 Å². The van der Waals surface area contributed by atoms with Crippen LogP contribution in [0, 0.1) is 6.92 Å². The van der Waals surface area contributed by atoms with Crippen molar-refractivity contribution in [1.82, 2.24) is 0 Å². The topological polar surface area (TPSA) is 9.23 Å². The Balaban J connectivity index is 0. The molecular formula is C25H42O. The van der Waals surface area contributed by atoms with Gasteiger partial charge in [-0.2, -0.15) is 0 Å². The number of aryl methyl sites for hydroxylation is 4. The Bertz CT molecular complexity index is 558. The van der Waals surface area contributed by atoms with Crippen LogP contribution in [0.4, 0.5) is 0 Å². The van der Waals surface area contributed by atoms with Crippen molar-refractivity contribution in [1.29, 1.82) is 0 Å². The normalized spacial score (nSPS) is 8.81. The zero-order chi connectivity index (χ0) is 20.4. The molecule has 0 saturated carbocycles. The van der Waals surface area contributed by atoms with Crippen LogP contribution >= 0.6 is 0 Å². The van der Waals surface area contributed by atoms with Crippen molar-refractivity contribution in [2.75, 3.05) is 7.11 Å². The highest BCUT2D eigenvalue weighted by molar-refractivity contribution is 5.37. The predicted octanol–water partition coefficient (Wildman–Crippen LogP) is 7.82. The van der Waals surface area contributed by atoms with Gasteiger partial charge < -0.3 is 4.74 Å². The van der Waals surface area contributed by atoms with E-state index in [2.05, 4.69) is 70.2 Å². The summed E-state index contributed by atoms with van der Waals surface area (Å²) in [5.41, 5.74) is 5.51. The van der Waals surface area contributed by atoms with Gasteiger partial charge in [-0.25, -0.2) is 0 Å². The molecule has 2 rings (SSSR count). The second-order valence-corrected chi connectivity index (χ2v) is 5.59. The molecule has 0 heterocycles. The number of rotatable bonds is 5. The molecule has 0 N–H and O–H groups in total. The predicted molar refractivity (Wildman–Crippen MR) is 120 cm³/mol. The molecule has 2 aromatic rings. The van der Waals surface area contributed by atoms with E-state index in [1.54, 1.807) is 7.11 Å². The van der Waals surface area contributed by atoms with E-state index in [0.717, 1.165) is 25.0 Å². The summed E-state index contributed by atoms with van der Waals surface area (Å²) in [6.07, 6.45) is 4.52.